The van der Waals surface area contributed by atoms with Gasteiger partial charge in [0.2, 0.25) is 65.0 Å². The van der Waals surface area contributed by atoms with Gasteiger partial charge < -0.3 is 85.7 Å². The number of Topliss-reactive ketones (excluding diaryl/α,β-unsaturated/α-hetero) is 7. The number of unbranched alkanes of at least 4 members (excludes halogenated alkanes) is 6. The number of hydrogen-bond acceptors (Lipinski definition) is 24. The molecular formula is C90H134N16O23S. The number of hydrogen-bond donors (Lipinski definition) is 16. The highest BCUT2D eigenvalue weighted by Crippen LogP contribution is 2.34. The number of phenolic OH excluding ortho intramolecular Hbond substituents is 1. The van der Waals surface area contributed by atoms with Crippen LogP contribution in [-0.4, -0.2) is 219 Å². The Morgan fingerprint density at radius 1 is 0.492 bits per heavy atom. The van der Waals surface area contributed by atoms with Gasteiger partial charge in [0.1, 0.15) is 11.5 Å². The molecule has 0 aliphatic carbocycles. The molecule has 2 heterocycles. The summed E-state index contributed by atoms with van der Waals surface area (Å²) in [6.45, 7) is 7.75. The number of nitrogens with zero attached hydrogens (tertiary/aromatic N) is 3. The van der Waals surface area contributed by atoms with E-state index >= 15 is 4.79 Å². The highest BCUT2D eigenvalue weighted by atomic mass is 32.2. The number of carbonyl (C=O) groups is 20. The molecule has 19 N–H and O–H groups in total. The van der Waals surface area contributed by atoms with Crippen LogP contribution in [0.5, 0.6) is 5.75 Å². The molecule has 13 amide bonds. The molecule has 39 nitrogen and oxygen atoms in total. The minimum atomic E-state index is -1.73. The van der Waals surface area contributed by atoms with E-state index in [4.69, 9.17) is 22.7 Å². The van der Waals surface area contributed by atoms with E-state index in [-0.39, 0.29) is 112 Å². The molecule has 4 rings (SSSR count). The Morgan fingerprint density at radius 2 is 1.05 bits per heavy atom. The zero-order valence-corrected chi connectivity index (χ0v) is 76.0. The van der Waals surface area contributed by atoms with Crippen molar-refractivity contribution >= 4 is 129 Å². The smallest absolute Gasteiger partial charge is 0.315 e. The summed E-state index contributed by atoms with van der Waals surface area (Å²) in [6.07, 6.45) is -0.895. The van der Waals surface area contributed by atoms with Crippen molar-refractivity contribution < 1.29 is 111 Å². The second kappa shape index (κ2) is 60.4. The number of azide groups is 1. The monoisotopic (exact) mass is 1840 g/mol. The minimum absolute atomic E-state index is 0.00649. The fourth-order valence-electron chi connectivity index (χ4n) is 15.2. The molecule has 130 heavy (non-hydrogen) atoms. The predicted octanol–water partition coefficient (Wildman–Crippen LogP) is 4.06. The molecule has 4 unspecified atom stereocenters. The Hall–Kier alpha value is -11.5. The fourth-order valence-corrected chi connectivity index (χ4v) is 16.7. The highest BCUT2D eigenvalue weighted by molar-refractivity contribution is 8.00. The SMILES string of the molecule is CC(C)C[C@H](NC(=O)[C@H](CC(N)=O)CC(=O)[C@H](CCC(=O)O)NC(=O)[C@@H](CC(=O)CNC(=O)CCC(=O)CCCCCNC(=O)CCCCCNC(=O)CCCCC1SCC2NC(=O)NC21)[C@H](C)O)C(=O)C[C@@H](Cc1ccc(O)cc1)C(=O)N[C@@H](Cc1ccccc1)C(=O)C[C@@H](CCC(N)=O)C(=O)NCC(=O)CCC(=O)NC(C(=O)C[C@H](CCCCN=[N+]=[N-])C(N)=O)C(C)C. The molecule has 40 heteroatoms. The van der Waals surface area contributed by atoms with Gasteiger partial charge in [0.25, 0.3) is 0 Å². The summed E-state index contributed by atoms with van der Waals surface area (Å²) in [5, 5.41) is 61.5. The Bertz CT molecular complexity index is 4220. The van der Waals surface area contributed by atoms with Gasteiger partial charge in [-0.2, -0.15) is 11.8 Å². The normalized spacial score (nSPS) is 16.1. The number of fused-ring (bicyclic) bond motifs is 1. The lowest BCUT2D eigenvalue weighted by atomic mass is 9.87. The van der Waals surface area contributed by atoms with Gasteiger partial charge in [0, 0.05) is 150 Å². The highest BCUT2D eigenvalue weighted by Gasteiger charge is 2.43. The van der Waals surface area contributed by atoms with E-state index in [1.54, 1.807) is 58.0 Å². The molecule has 2 aromatic rings. The van der Waals surface area contributed by atoms with Gasteiger partial charge in [-0.3, -0.25) is 91.1 Å². The summed E-state index contributed by atoms with van der Waals surface area (Å²) < 4.78 is 0. The van der Waals surface area contributed by atoms with Crippen molar-refractivity contribution in [1.82, 2.24) is 53.2 Å². The Balaban J connectivity index is 1.35. The van der Waals surface area contributed by atoms with Crippen LogP contribution in [0, 0.1) is 41.4 Å². The molecule has 2 fully saturated rings. The summed E-state index contributed by atoms with van der Waals surface area (Å²) in [5.41, 5.74) is 26.2. The molecule has 0 saturated carbocycles. The van der Waals surface area contributed by atoms with E-state index in [9.17, 15) is 106 Å². The van der Waals surface area contributed by atoms with Gasteiger partial charge in [-0.15, -0.1) is 0 Å². The van der Waals surface area contributed by atoms with Crippen LogP contribution in [0.4, 0.5) is 4.79 Å². The number of aromatic hydroxyl groups is 1. The van der Waals surface area contributed by atoms with Gasteiger partial charge in [-0.05, 0) is 131 Å². The third kappa shape index (κ3) is 45.1. The first-order valence-electron chi connectivity index (χ1n) is 44.9. The van der Waals surface area contributed by atoms with E-state index in [0.29, 0.717) is 80.8 Å². The van der Waals surface area contributed by atoms with E-state index in [1.165, 1.54) is 31.2 Å². The number of nitrogens with one attached hydrogen (secondary N) is 10. The standard InChI is InChI=1S/C90H134N16O23S/c1-53(2)41-68(73(114)46-60(42-57-26-29-63(109)30-27-57)87(126)102-69(43-56-19-9-6-10-20-56)72(113)45-59(28-34-76(91)116)86(125)98-50-64(110)32-36-81(121)104-83(54(3)4)74(115)44-58(85(93)124)21-15-18-40-99-106-94)101-88(127)61(48-77(92)117)47-71(112)67(33-37-82(122)123)100-89(128)66(55(5)107)49-65(111)51-97-80(120)35-31-62(108)22-11-7-16-38-95-78(118)24-12-8-17-39-96-79(119)25-14-13-23-75-84-70(52-130-75)103-90(129)105-84/h6,9-10,19-20,26-27,29-30,53-55,58-61,66-70,75,83-84,107,109H,7-8,11-18,21-25,28,31-52H2,1-5H3,(H2,91,116)(H2,92,117)(H2,93,124)(H,95,118)(H,96,119)(H,97,120)(H,98,125)(H,100,128)(H,101,127)(H,102,126)(H,104,121)(H,122,123)(H2,103,105,129)/t55-,58-,59+,60+,61-,66-,67-,68-,69-,70?,75?,83?,84?/m0/s1. The molecule has 13 atom stereocenters. The maximum atomic E-state index is 15.0. The quantitative estimate of drug-likeness (QED) is 0.0146. The molecular weight excluding hydrogens is 1710 g/mol. The maximum absolute atomic E-state index is 15.0. The number of aliphatic carboxylic acids is 1. The van der Waals surface area contributed by atoms with Gasteiger partial charge in [-0.25, -0.2) is 4.79 Å². The second-order valence-electron chi connectivity index (χ2n) is 34.4. The number of primary amides is 3. The first-order valence-corrected chi connectivity index (χ1v) is 46.0. The van der Waals surface area contributed by atoms with Crippen LogP contribution in [0.15, 0.2) is 59.7 Å². The second-order valence-corrected chi connectivity index (χ2v) is 35.7. The molecule has 2 aliphatic rings. The molecule has 2 aliphatic heterocycles. The van der Waals surface area contributed by atoms with Crippen LogP contribution in [0.25, 0.3) is 10.4 Å². The number of amides is 13. The minimum Gasteiger partial charge on any atom is -0.508 e. The number of rotatable bonds is 71. The maximum Gasteiger partial charge on any atom is 0.315 e. The van der Waals surface area contributed by atoms with Crippen LogP contribution in [-0.2, 0) is 104 Å². The third-order valence-corrected chi connectivity index (χ3v) is 24.1. The number of urea groups is 1. The van der Waals surface area contributed by atoms with E-state index in [1.807, 2.05) is 11.8 Å². The third-order valence-electron chi connectivity index (χ3n) is 22.6. The molecule has 0 spiro atoms. The zero-order valence-electron chi connectivity index (χ0n) is 75.2. The molecule has 0 bridgehead atoms. The van der Waals surface area contributed by atoms with Gasteiger partial charge in [-0.1, -0.05) is 101 Å². The number of thioether (sulfide) groups is 1. The summed E-state index contributed by atoms with van der Waals surface area (Å²) in [6, 6.07) is 8.41. The van der Waals surface area contributed by atoms with Crippen LogP contribution < -0.4 is 70.4 Å². The van der Waals surface area contributed by atoms with Crippen molar-refractivity contribution in [2.75, 3.05) is 38.5 Å². The van der Waals surface area contributed by atoms with Crippen LogP contribution in [0.2, 0.25) is 0 Å². The molecule has 2 aromatic carbocycles. The van der Waals surface area contributed by atoms with Crippen molar-refractivity contribution in [3.8, 4) is 5.75 Å². The lowest BCUT2D eigenvalue weighted by molar-refractivity contribution is -0.139. The molecule has 2 saturated heterocycles. The van der Waals surface area contributed by atoms with Crippen LogP contribution in [0.1, 0.15) is 238 Å². The zero-order chi connectivity index (χ0) is 96.4. The number of benzene rings is 2. The van der Waals surface area contributed by atoms with Crippen molar-refractivity contribution in [2.45, 2.75) is 288 Å². The fraction of sp³-hybridized carbons (Fsp3) is 0.644. The van der Waals surface area contributed by atoms with E-state index < -0.39 is 237 Å². The molecule has 0 radical (unpaired) electrons. The van der Waals surface area contributed by atoms with Gasteiger partial charge >= 0.3 is 12.0 Å². The predicted molar refractivity (Wildman–Crippen MR) is 479 cm³/mol. The number of carboxylic acids is 1. The Kier molecular flexibility index (Phi) is 51.4. The number of carbonyl (C=O) groups excluding carboxylic acids is 19. The lowest BCUT2D eigenvalue weighted by Crippen LogP contribution is -2.50. The number of phenols is 1. The number of carboxylic acid groups (broad SMARTS) is 1. The Labute approximate surface area is 761 Å². The average Bonchev–Trinajstić information content (AvgIpc) is 1.65. The number of aliphatic hydroxyl groups excluding tert-OH is 1. The number of aliphatic hydroxyl groups is 1. The van der Waals surface area contributed by atoms with Crippen molar-refractivity contribution in [2.24, 2.45) is 63.7 Å². The van der Waals surface area contributed by atoms with Crippen LogP contribution >= 0.6 is 11.8 Å². The number of nitrogens with two attached hydrogens (primary N) is 3. The molecule has 0 aromatic heterocycles. The van der Waals surface area contributed by atoms with E-state index in [0.717, 1.165) is 37.9 Å². The number of ketones is 7. The average molecular weight is 1840 g/mol. The summed E-state index contributed by atoms with van der Waals surface area (Å²) in [7, 11) is 0. The van der Waals surface area contributed by atoms with E-state index in [2.05, 4.69) is 63.2 Å². The van der Waals surface area contributed by atoms with Gasteiger partial charge in [0.05, 0.1) is 67.3 Å². The topological polar surface area (TPSA) is 649 Å². The largest absolute Gasteiger partial charge is 0.508 e. The van der Waals surface area contributed by atoms with Crippen molar-refractivity contribution in [3.63, 3.8) is 0 Å². The summed E-state index contributed by atoms with van der Waals surface area (Å²) in [5.74, 6) is -21.0. The first kappa shape index (κ1) is 111. The van der Waals surface area contributed by atoms with Crippen LogP contribution in [0.3, 0.4) is 0 Å². The Morgan fingerprint density at radius 3 is 1.67 bits per heavy atom. The summed E-state index contributed by atoms with van der Waals surface area (Å²) >= 11 is 1.85. The first-order chi connectivity index (χ1) is 61.7. The van der Waals surface area contributed by atoms with Crippen molar-refractivity contribution in [1.29, 1.82) is 0 Å². The molecule has 718 valence electrons. The van der Waals surface area contributed by atoms with Gasteiger partial charge in [0.15, 0.2) is 34.7 Å². The summed E-state index contributed by atoms with van der Waals surface area (Å²) in [4.78, 5) is 268. The lowest BCUT2D eigenvalue weighted by Gasteiger charge is -2.27. The van der Waals surface area contributed by atoms with Crippen molar-refractivity contribution in [3.05, 3.63) is 76.2 Å².